The summed E-state index contributed by atoms with van der Waals surface area (Å²) in [7, 11) is 0. The molecule has 0 radical (unpaired) electrons. The second-order valence-electron chi connectivity index (χ2n) is 12.6. The molecule has 10 heteroatoms. The lowest BCUT2D eigenvalue weighted by Gasteiger charge is -2.25. The van der Waals surface area contributed by atoms with Gasteiger partial charge < -0.3 is 15.5 Å². The highest BCUT2D eigenvalue weighted by Crippen LogP contribution is 2.36. The molecular formula is C40H43N7O3. The second kappa shape index (κ2) is 15.5. The lowest BCUT2D eigenvalue weighted by atomic mass is 9.89. The van der Waals surface area contributed by atoms with E-state index in [4.69, 9.17) is 10.1 Å². The van der Waals surface area contributed by atoms with Crippen molar-refractivity contribution in [2.24, 2.45) is 0 Å². The largest absolute Gasteiger partial charge is 0.480 e. The molecule has 3 aromatic carbocycles. The SMILES string of the molecule is CCCN(Cc1ccc(-c2nnc3cc(-c4cccc(-c5cccc(-c6cnc(CNCCO)cn6)c5C)c4C)ccn23)cc1)[C@H](C)C(=O)O. The number of fused-ring (bicyclic) bond motifs is 1. The fourth-order valence-corrected chi connectivity index (χ4v) is 6.43. The van der Waals surface area contributed by atoms with E-state index >= 15 is 0 Å². The van der Waals surface area contributed by atoms with Crippen LogP contribution in [0.25, 0.3) is 50.5 Å². The van der Waals surface area contributed by atoms with Crippen LogP contribution in [0.5, 0.6) is 0 Å². The van der Waals surface area contributed by atoms with Crippen LogP contribution in [-0.4, -0.2) is 71.4 Å². The molecule has 6 rings (SSSR count). The predicted octanol–water partition coefficient (Wildman–Crippen LogP) is 6.57. The molecule has 0 bridgehead atoms. The maximum Gasteiger partial charge on any atom is 0.320 e. The molecule has 3 heterocycles. The van der Waals surface area contributed by atoms with Gasteiger partial charge in [-0.3, -0.25) is 24.1 Å². The summed E-state index contributed by atoms with van der Waals surface area (Å²) in [6.07, 6.45) is 6.50. The van der Waals surface area contributed by atoms with Gasteiger partial charge in [0.05, 0.1) is 30.4 Å². The van der Waals surface area contributed by atoms with Crippen LogP contribution in [0.1, 0.15) is 42.7 Å². The number of aliphatic carboxylic acids is 1. The fourth-order valence-electron chi connectivity index (χ4n) is 6.43. The van der Waals surface area contributed by atoms with E-state index in [2.05, 4.69) is 89.8 Å². The Morgan fingerprint density at radius 1 is 0.880 bits per heavy atom. The molecule has 0 aliphatic carbocycles. The maximum atomic E-state index is 11.6. The van der Waals surface area contributed by atoms with Crippen LogP contribution in [0.15, 0.2) is 91.4 Å². The number of hydrogen-bond donors (Lipinski definition) is 3. The second-order valence-corrected chi connectivity index (χ2v) is 12.6. The van der Waals surface area contributed by atoms with Crippen LogP contribution in [0.2, 0.25) is 0 Å². The first kappa shape index (κ1) is 34.6. The number of carbonyl (C=O) groups is 1. The first-order valence-electron chi connectivity index (χ1n) is 17.0. The zero-order valence-corrected chi connectivity index (χ0v) is 29.0. The summed E-state index contributed by atoms with van der Waals surface area (Å²) in [6.45, 7) is 10.5. The number of aromatic nitrogens is 5. The highest BCUT2D eigenvalue weighted by atomic mass is 16.4. The molecule has 0 fully saturated rings. The van der Waals surface area contributed by atoms with Gasteiger partial charge in [-0.2, -0.15) is 0 Å². The van der Waals surface area contributed by atoms with Crippen molar-refractivity contribution < 1.29 is 15.0 Å². The Morgan fingerprint density at radius 2 is 1.58 bits per heavy atom. The van der Waals surface area contributed by atoms with E-state index in [-0.39, 0.29) is 6.61 Å². The highest BCUT2D eigenvalue weighted by molar-refractivity contribution is 5.83. The average molecular weight is 670 g/mol. The topological polar surface area (TPSA) is 129 Å². The smallest absolute Gasteiger partial charge is 0.320 e. The van der Waals surface area contributed by atoms with Crippen LogP contribution in [-0.2, 0) is 17.9 Å². The van der Waals surface area contributed by atoms with Crippen molar-refractivity contribution in [1.82, 2.24) is 34.8 Å². The van der Waals surface area contributed by atoms with Crippen molar-refractivity contribution in [2.75, 3.05) is 19.7 Å². The molecule has 10 nitrogen and oxygen atoms in total. The number of pyridine rings is 1. The standard InChI is InChI=1S/C40H43N7O3/c1-5-18-46(28(4)40(49)50)25-29-12-14-30(15-13-29)39-45-44-38-21-31(16-19-47(38)39)33-8-6-9-34(26(33)2)35-10-7-11-36(27(35)3)37-24-42-32(23-43-37)22-41-17-20-48/h6-16,19,21,23-24,28,41,48H,5,17-18,20,22,25H2,1-4H3,(H,49,50)/t28-/m1/s1. The number of carboxylic acids is 1. The van der Waals surface area contributed by atoms with Crippen LogP contribution >= 0.6 is 0 Å². The highest BCUT2D eigenvalue weighted by Gasteiger charge is 2.20. The lowest BCUT2D eigenvalue weighted by Crippen LogP contribution is -2.38. The molecule has 3 aromatic heterocycles. The van der Waals surface area contributed by atoms with Crippen molar-refractivity contribution in [3.05, 3.63) is 114 Å². The van der Waals surface area contributed by atoms with Gasteiger partial charge in [-0.1, -0.05) is 67.6 Å². The molecule has 0 saturated carbocycles. The third-order valence-electron chi connectivity index (χ3n) is 9.27. The summed E-state index contributed by atoms with van der Waals surface area (Å²) in [4.78, 5) is 22.9. The molecule has 0 amide bonds. The Kier molecular flexibility index (Phi) is 10.7. The quantitative estimate of drug-likeness (QED) is 0.110. The number of rotatable bonds is 14. The number of carboxylic acid groups (broad SMARTS) is 1. The first-order chi connectivity index (χ1) is 24.3. The maximum absolute atomic E-state index is 11.6. The van der Waals surface area contributed by atoms with E-state index in [1.54, 1.807) is 13.1 Å². The van der Waals surface area contributed by atoms with E-state index in [9.17, 15) is 9.90 Å². The van der Waals surface area contributed by atoms with Gasteiger partial charge in [-0.15, -0.1) is 10.2 Å². The van der Waals surface area contributed by atoms with Gasteiger partial charge in [-0.05, 0) is 84.8 Å². The van der Waals surface area contributed by atoms with Crippen molar-refractivity contribution in [3.63, 3.8) is 0 Å². The molecule has 0 aliphatic heterocycles. The monoisotopic (exact) mass is 669 g/mol. The lowest BCUT2D eigenvalue weighted by molar-refractivity contribution is -0.142. The number of nitrogens with one attached hydrogen (secondary N) is 1. The summed E-state index contributed by atoms with van der Waals surface area (Å²) in [5.74, 6) is -0.0639. The Morgan fingerprint density at radius 3 is 2.24 bits per heavy atom. The first-order valence-corrected chi connectivity index (χ1v) is 17.0. The zero-order valence-electron chi connectivity index (χ0n) is 29.0. The van der Waals surface area contributed by atoms with Gasteiger partial charge in [0, 0.05) is 37.0 Å². The third-order valence-corrected chi connectivity index (χ3v) is 9.27. The van der Waals surface area contributed by atoms with E-state index in [0.717, 1.165) is 85.9 Å². The molecule has 6 aromatic rings. The van der Waals surface area contributed by atoms with Gasteiger partial charge in [0.2, 0.25) is 0 Å². The molecule has 3 N–H and O–H groups in total. The van der Waals surface area contributed by atoms with E-state index in [1.807, 2.05) is 46.0 Å². The Balaban J connectivity index is 1.24. The summed E-state index contributed by atoms with van der Waals surface area (Å²) < 4.78 is 2.00. The minimum Gasteiger partial charge on any atom is -0.480 e. The summed E-state index contributed by atoms with van der Waals surface area (Å²) in [5.41, 5.74) is 12.2. The van der Waals surface area contributed by atoms with Gasteiger partial charge in [0.1, 0.15) is 6.04 Å². The molecule has 1 atom stereocenters. The molecule has 0 unspecified atom stereocenters. The minimum atomic E-state index is -0.812. The van der Waals surface area contributed by atoms with Gasteiger partial charge in [-0.25, -0.2) is 0 Å². The molecule has 0 aliphatic rings. The molecule has 50 heavy (non-hydrogen) atoms. The van der Waals surface area contributed by atoms with E-state index < -0.39 is 12.0 Å². The van der Waals surface area contributed by atoms with Gasteiger partial charge >= 0.3 is 5.97 Å². The van der Waals surface area contributed by atoms with Crippen molar-refractivity contribution in [2.45, 2.75) is 53.2 Å². The zero-order chi connectivity index (χ0) is 35.2. The normalized spacial score (nSPS) is 12.1. The van der Waals surface area contributed by atoms with Crippen LogP contribution in [0.3, 0.4) is 0 Å². The van der Waals surface area contributed by atoms with E-state index in [1.165, 1.54) is 0 Å². The Hall–Kier alpha value is -5.29. The minimum absolute atomic E-state index is 0.0855. The number of nitrogens with zero attached hydrogens (tertiary/aromatic N) is 6. The Bertz CT molecular complexity index is 2090. The number of benzene rings is 3. The van der Waals surface area contributed by atoms with Crippen molar-refractivity contribution in [3.8, 4) is 44.9 Å². The molecule has 256 valence electrons. The summed E-state index contributed by atoms with van der Waals surface area (Å²) in [5, 5.41) is 30.7. The van der Waals surface area contributed by atoms with Crippen LogP contribution in [0.4, 0.5) is 0 Å². The van der Waals surface area contributed by atoms with Crippen LogP contribution in [0, 0.1) is 13.8 Å². The fraction of sp³-hybridized carbons (Fsp3) is 0.275. The predicted molar refractivity (Wildman–Crippen MR) is 196 cm³/mol. The third kappa shape index (κ3) is 7.33. The van der Waals surface area contributed by atoms with Crippen molar-refractivity contribution in [1.29, 1.82) is 0 Å². The summed E-state index contributed by atoms with van der Waals surface area (Å²) >= 11 is 0. The van der Waals surface area contributed by atoms with Crippen LogP contribution < -0.4 is 5.32 Å². The van der Waals surface area contributed by atoms with Crippen molar-refractivity contribution >= 4 is 11.6 Å². The number of aliphatic hydroxyl groups excluding tert-OH is 1. The average Bonchev–Trinajstić information content (AvgIpc) is 3.56. The Labute approximate surface area is 292 Å². The van der Waals surface area contributed by atoms with Gasteiger partial charge in [0.25, 0.3) is 0 Å². The van der Waals surface area contributed by atoms with E-state index in [0.29, 0.717) is 19.6 Å². The van der Waals surface area contributed by atoms with Gasteiger partial charge in [0.15, 0.2) is 11.5 Å². The molecule has 0 spiro atoms. The molecular weight excluding hydrogens is 626 g/mol. The number of aliphatic hydroxyl groups is 1. The summed E-state index contributed by atoms with van der Waals surface area (Å²) in [6, 6.07) is 24.4. The number of hydrogen-bond acceptors (Lipinski definition) is 8. The molecule has 0 saturated heterocycles.